The van der Waals surface area contributed by atoms with E-state index in [1.165, 1.54) is 4.90 Å². The molecule has 0 N–H and O–H groups in total. The van der Waals surface area contributed by atoms with Gasteiger partial charge in [-0.15, -0.1) is 0 Å². The topological polar surface area (TPSA) is 47.4 Å². The Bertz CT molecular complexity index is 756. The van der Waals surface area contributed by atoms with Gasteiger partial charge in [-0.3, -0.25) is 4.68 Å². The monoisotopic (exact) mass is 397 g/mol. The van der Waals surface area contributed by atoms with Crippen molar-refractivity contribution >= 4 is 32.9 Å². The summed E-state index contributed by atoms with van der Waals surface area (Å²) in [5.74, 6) is 0. The molecule has 1 aromatic carbocycles. The number of aromatic nitrogens is 2. The van der Waals surface area contributed by atoms with Crippen LogP contribution in [0, 0.1) is 0 Å². The van der Waals surface area contributed by atoms with Crippen LogP contribution in [0.15, 0.2) is 28.9 Å². The summed E-state index contributed by atoms with van der Waals surface area (Å²) in [5.41, 5.74) is 0.304. The highest BCUT2D eigenvalue weighted by molar-refractivity contribution is 9.10. The SMILES string of the molecule is CC(C)(C)OC(=O)N1CC[C@@H](n2ncc3cccc(Br)c32)[C@H](F)C1. The standard InChI is InChI=1S/C17H21BrFN3O2/c1-17(2,3)24-16(23)21-8-7-14(13(19)10-21)22-15-11(9-20-22)5-4-6-12(15)18/h4-6,9,13-14H,7-8,10H2,1-3H3/t13-,14-/m1/s1. The Morgan fingerprint density at radius 2 is 2.17 bits per heavy atom. The van der Waals surface area contributed by atoms with Crippen LogP contribution >= 0.6 is 15.9 Å². The Kier molecular flexibility index (Phi) is 4.55. The fourth-order valence-corrected chi connectivity index (χ4v) is 3.53. The third kappa shape index (κ3) is 3.41. The van der Waals surface area contributed by atoms with Gasteiger partial charge in [0.15, 0.2) is 0 Å². The van der Waals surface area contributed by atoms with Crippen molar-refractivity contribution in [1.82, 2.24) is 14.7 Å². The van der Waals surface area contributed by atoms with Gasteiger partial charge in [-0.25, -0.2) is 9.18 Å². The van der Waals surface area contributed by atoms with E-state index in [-0.39, 0.29) is 12.6 Å². The lowest BCUT2D eigenvalue weighted by Crippen LogP contribution is -2.47. The second-order valence-electron chi connectivity index (χ2n) is 7.07. The Morgan fingerprint density at radius 1 is 1.42 bits per heavy atom. The van der Waals surface area contributed by atoms with Gasteiger partial charge in [-0.05, 0) is 49.2 Å². The first-order valence-electron chi connectivity index (χ1n) is 8.00. The van der Waals surface area contributed by atoms with Crippen LogP contribution in [-0.4, -0.2) is 45.6 Å². The number of hydrogen-bond acceptors (Lipinski definition) is 3. The second kappa shape index (κ2) is 6.35. The van der Waals surface area contributed by atoms with Crippen molar-refractivity contribution in [3.8, 4) is 0 Å². The molecule has 3 rings (SSSR count). The van der Waals surface area contributed by atoms with Gasteiger partial charge < -0.3 is 9.64 Å². The summed E-state index contributed by atoms with van der Waals surface area (Å²) < 4.78 is 22.7. The van der Waals surface area contributed by atoms with Crippen LogP contribution in [0.1, 0.15) is 33.2 Å². The molecule has 0 radical (unpaired) electrons. The minimum Gasteiger partial charge on any atom is -0.444 e. The predicted molar refractivity (Wildman–Crippen MR) is 93.8 cm³/mol. The van der Waals surface area contributed by atoms with Gasteiger partial charge in [-0.2, -0.15) is 5.10 Å². The number of rotatable bonds is 1. The summed E-state index contributed by atoms with van der Waals surface area (Å²) in [7, 11) is 0. The quantitative estimate of drug-likeness (QED) is 0.719. The number of carbonyl (C=O) groups excluding carboxylic acids is 1. The summed E-state index contributed by atoms with van der Waals surface area (Å²) in [4.78, 5) is 13.6. The first kappa shape index (κ1) is 17.2. The normalized spacial score (nSPS) is 22.0. The number of ether oxygens (including phenoxy) is 1. The number of carbonyl (C=O) groups is 1. The first-order valence-corrected chi connectivity index (χ1v) is 8.79. The maximum Gasteiger partial charge on any atom is 0.410 e. The number of fused-ring (bicyclic) bond motifs is 1. The van der Waals surface area contributed by atoms with Crippen LogP contribution in [-0.2, 0) is 4.74 Å². The molecule has 1 aliphatic heterocycles. The molecule has 24 heavy (non-hydrogen) atoms. The lowest BCUT2D eigenvalue weighted by atomic mass is 10.0. The van der Waals surface area contributed by atoms with E-state index >= 15 is 0 Å². The van der Waals surface area contributed by atoms with E-state index in [9.17, 15) is 9.18 Å². The van der Waals surface area contributed by atoms with Crippen LogP contribution in [0.3, 0.4) is 0 Å². The minimum atomic E-state index is -1.19. The molecule has 1 saturated heterocycles. The lowest BCUT2D eigenvalue weighted by Gasteiger charge is -2.35. The van der Waals surface area contributed by atoms with Crippen molar-refractivity contribution in [2.24, 2.45) is 0 Å². The molecule has 0 bridgehead atoms. The number of amides is 1. The molecule has 5 nitrogen and oxygen atoms in total. The Hall–Kier alpha value is -1.63. The van der Waals surface area contributed by atoms with Gasteiger partial charge in [0.25, 0.3) is 0 Å². The maximum atomic E-state index is 14.8. The van der Waals surface area contributed by atoms with E-state index in [2.05, 4.69) is 21.0 Å². The number of benzene rings is 1. The molecule has 7 heteroatoms. The molecule has 0 spiro atoms. The molecule has 1 fully saturated rings. The summed E-state index contributed by atoms with van der Waals surface area (Å²) in [6.07, 6.45) is 0.586. The van der Waals surface area contributed by atoms with E-state index in [4.69, 9.17) is 4.74 Å². The smallest absolute Gasteiger partial charge is 0.410 e. The zero-order valence-electron chi connectivity index (χ0n) is 14.0. The number of para-hydroxylation sites is 1. The highest BCUT2D eigenvalue weighted by Crippen LogP contribution is 2.32. The second-order valence-corrected chi connectivity index (χ2v) is 7.92. The Morgan fingerprint density at radius 3 is 2.83 bits per heavy atom. The molecule has 1 aliphatic rings. The summed E-state index contributed by atoms with van der Waals surface area (Å²) in [6.45, 7) is 5.88. The average Bonchev–Trinajstić information content (AvgIpc) is 2.90. The van der Waals surface area contributed by atoms with Crippen LogP contribution in [0.4, 0.5) is 9.18 Å². The molecule has 2 aromatic rings. The average molecular weight is 398 g/mol. The largest absolute Gasteiger partial charge is 0.444 e. The van der Waals surface area contributed by atoms with Crippen molar-refractivity contribution in [2.75, 3.05) is 13.1 Å². The molecule has 1 aromatic heterocycles. The number of likely N-dealkylation sites (tertiary alicyclic amines) is 1. The summed E-state index contributed by atoms with van der Waals surface area (Å²) in [5, 5.41) is 5.34. The third-order valence-corrected chi connectivity index (χ3v) is 4.68. The van der Waals surface area contributed by atoms with Crippen LogP contribution in [0.2, 0.25) is 0 Å². The Labute approximate surface area is 148 Å². The van der Waals surface area contributed by atoms with Crippen molar-refractivity contribution < 1.29 is 13.9 Å². The number of nitrogens with zero attached hydrogens (tertiary/aromatic N) is 3. The minimum absolute atomic E-state index is 0.0192. The maximum absolute atomic E-state index is 14.8. The van der Waals surface area contributed by atoms with Crippen molar-refractivity contribution in [3.63, 3.8) is 0 Å². The number of hydrogen-bond donors (Lipinski definition) is 0. The van der Waals surface area contributed by atoms with Gasteiger partial charge in [0.05, 0.1) is 24.3 Å². The van der Waals surface area contributed by atoms with Crippen molar-refractivity contribution in [2.45, 2.75) is 45.0 Å². The van der Waals surface area contributed by atoms with Crippen LogP contribution in [0.5, 0.6) is 0 Å². The Balaban J connectivity index is 1.77. The third-order valence-electron chi connectivity index (χ3n) is 4.04. The predicted octanol–water partition coefficient (Wildman–Crippen LogP) is 4.32. The fraction of sp³-hybridized carbons (Fsp3) is 0.529. The molecule has 0 aliphatic carbocycles. The fourth-order valence-electron chi connectivity index (χ4n) is 2.97. The van der Waals surface area contributed by atoms with Crippen LogP contribution < -0.4 is 0 Å². The lowest BCUT2D eigenvalue weighted by molar-refractivity contribution is 0.00613. The van der Waals surface area contributed by atoms with Gasteiger partial charge >= 0.3 is 6.09 Å². The van der Waals surface area contributed by atoms with Gasteiger partial charge in [0.1, 0.15) is 11.8 Å². The molecule has 130 valence electrons. The molecule has 0 saturated carbocycles. The zero-order valence-corrected chi connectivity index (χ0v) is 15.6. The summed E-state index contributed by atoms with van der Waals surface area (Å²) >= 11 is 3.51. The van der Waals surface area contributed by atoms with Gasteiger partial charge in [0, 0.05) is 16.4 Å². The molecular weight excluding hydrogens is 377 g/mol. The van der Waals surface area contributed by atoms with E-state index < -0.39 is 17.9 Å². The van der Waals surface area contributed by atoms with Crippen molar-refractivity contribution in [3.05, 3.63) is 28.9 Å². The van der Waals surface area contributed by atoms with Crippen LogP contribution in [0.25, 0.3) is 10.9 Å². The van der Waals surface area contributed by atoms with E-state index in [1.54, 1.807) is 31.6 Å². The van der Waals surface area contributed by atoms with E-state index in [0.717, 1.165) is 15.4 Å². The molecule has 1 amide bonds. The molecule has 0 unspecified atom stereocenters. The van der Waals surface area contributed by atoms with E-state index in [1.807, 2.05) is 18.2 Å². The number of halogens is 2. The highest BCUT2D eigenvalue weighted by Gasteiger charge is 2.35. The number of alkyl halides is 1. The highest BCUT2D eigenvalue weighted by atomic mass is 79.9. The summed E-state index contributed by atoms with van der Waals surface area (Å²) in [6, 6.07) is 5.41. The van der Waals surface area contributed by atoms with Gasteiger partial charge in [-0.1, -0.05) is 12.1 Å². The number of piperidine rings is 1. The molecular formula is C17H21BrFN3O2. The van der Waals surface area contributed by atoms with Crippen molar-refractivity contribution in [1.29, 1.82) is 0 Å². The molecule has 2 heterocycles. The first-order chi connectivity index (χ1) is 11.3. The zero-order chi connectivity index (χ0) is 17.5. The van der Waals surface area contributed by atoms with E-state index in [0.29, 0.717) is 13.0 Å². The van der Waals surface area contributed by atoms with Gasteiger partial charge in [0.2, 0.25) is 0 Å². The molecule has 2 atom stereocenters.